The number of halogens is 5. The van der Waals surface area contributed by atoms with E-state index in [1.165, 1.54) is 37.6 Å². The van der Waals surface area contributed by atoms with E-state index < -0.39 is 41.0 Å². The van der Waals surface area contributed by atoms with Crippen LogP contribution in [-0.4, -0.2) is 30.4 Å². The monoisotopic (exact) mass is 546 g/mol. The molecule has 1 saturated carbocycles. The maximum absolute atomic E-state index is 15.9. The zero-order valence-electron chi connectivity index (χ0n) is 19.9. The van der Waals surface area contributed by atoms with Crippen LogP contribution in [0.25, 0.3) is 16.9 Å². The number of carboxylic acid groups (broad SMARTS) is 1. The van der Waals surface area contributed by atoms with Crippen molar-refractivity contribution in [3.05, 3.63) is 97.8 Å². The lowest BCUT2D eigenvalue weighted by Gasteiger charge is -2.18. The Morgan fingerprint density at radius 2 is 1.89 bits per heavy atom. The van der Waals surface area contributed by atoms with Crippen LogP contribution in [0.1, 0.15) is 57.5 Å². The molecule has 1 aliphatic carbocycles. The minimum atomic E-state index is -2.76. The van der Waals surface area contributed by atoms with Crippen molar-refractivity contribution in [1.29, 1.82) is 0 Å². The van der Waals surface area contributed by atoms with Gasteiger partial charge in [-0.2, -0.15) is 13.9 Å². The van der Waals surface area contributed by atoms with E-state index in [4.69, 9.17) is 11.6 Å². The molecule has 1 aliphatic rings. The van der Waals surface area contributed by atoms with Crippen molar-refractivity contribution in [2.45, 2.75) is 38.7 Å². The fourth-order valence-corrected chi connectivity index (χ4v) is 5.03. The number of pyridine rings is 2. The fraction of sp³-hybridized carbons (Fsp3) is 0.231. The Morgan fingerprint density at radius 3 is 2.55 bits per heavy atom. The second kappa shape index (κ2) is 9.39. The number of aryl methyl sites for hydroxylation is 2. The van der Waals surface area contributed by atoms with Gasteiger partial charge in [-0.05, 0) is 67.0 Å². The molecule has 0 unspecified atom stereocenters. The van der Waals surface area contributed by atoms with Crippen molar-refractivity contribution in [2.75, 3.05) is 0 Å². The number of benzene rings is 1. The van der Waals surface area contributed by atoms with Gasteiger partial charge in [0.05, 0.1) is 17.4 Å². The number of rotatable bonds is 6. The minimum absolute atomic E-state index is 0.148. The molecule has 2 atom stereocenters. The molecule has 0 bridgehead atoms. The number of hydrogen-bond acceptors (Lipinski definition) is 4. The van der Waals surface area contributed by atoms with Gasteiger partial charge >= 0.3 is 12.5 Å². The summed E-state index contributed by atoms with van der Waals surface area (Å²) in [4.78, 5) is 28.7. The summed E-state index contributed by atoms with van der Waals surface area (Å²) in [7, 11) is 0. The lowest BCUT2D eigenvalue weighted by molar-refractivity contribution is 0.0565. The highest BCUT2D eigenvalue weighted by Crippen LogP contribution is 2.56. The normalized spacial score (nSPS) is 16.7. The lowest BCUT2D eigenvalue weighted by atomic mass is 10.0. The smallest absolute Gasteiger partial charge is 0.338 e. The molecule has 0 radical (unpaired) electrons. The number of nitrogens with zero attached hydrogens (tertiary/aromatic N) is 4. The SMILES string of the molecule is Cc1cnc(-c2cccc(C(=O)O)c2F)c(F)c1-n1c(C)cc([C@H]2C[C@@H]2c2cnn(C(F)F)c2)c(Cl)c1=O. The van der Waals surface area contributed by atoms with Gasteiger partial charge in [0.2, 0.25) is 0 Å². The molecular formula is C26H19ClF4N4O3. The second-order valence-corrected chi connectivity index (χ2v) is 9.48. The van der Waals surface area contributed by atoms with Crippen molar-refractivity contribution >= 4 is 17.6 Å². The van der Waals surface area contributed by atoms with Crippen molar-refractivity contribution in [3.63, 3.8) is 0 Å². The summed E-state index contributed by atoms with van der Waals surface area (Å²) in [5, 5.41) is 12.7. The summed E-state index contributed by atoms with van der Waals surface area (Å²) >= 11 is 6.47. The molecule has 5 rings (SSSR count). The molecule has 38 heavy (non-hydrogen) atoms. The summed E-state index contributed by atoms with van der Waals surface area (Å²) in [6.45, 7) is 0.335. The molecular weight excluding hydrogens is 528 g/mol. The third-order valence-electron chi connectivity index (χ3n) is 6.69. The number of carbonyl (C=O) groups is 1. The highest BCUT2D eigenvalue weighted by Gasteiger charge is 2.42. The van der Waals surface area contributed by atoms with Crippen LogP contribution in [0.5, 0.6) is 0 Å². The molecule has 1 fully saturated rings. The van der Waals surface area contributed by atoms with Crippen LogP contribution in [-0.2, 0) is 0 Å². The molecule has 1 aromatic carbocycles. The van der Waals surface area contributed by atoms with Crippen LogP contribution < -0.4 is 5.56 Å². The summed E-state index contributed by atoms with van der Waals surface area (Å²) < 4.78 is 58.2. The number of hydrogen-bond donors (Lipinski definition) is 1. The van der Waals surface area contributed by atoms with Gasteiger partial charge in [0.1, 0.15) is 16.5 Å². The molecule has 1 N–H and O–H groups in total. The number of alkyl halides is 2. The van der Waals surface area contributed by atoms with Crippen molar-refractivity contribution in [3.8, 4) is 16.9 Å². The first-order valence-electron chi connectivity index (χ1n) is 11.4. The largest absolute Gasteiger partial charge is 0.478 e. The summed E-state index contributed by atoms with van der Waals surface area (Å²) in [6, 6.07) is 5.14. The average molecular weight is 547 g/mol. The topological polar surface area (TPSA) is 90.0 Å². The number of aromatic nitrogens is 4. The molecule has 0 spiro atoms. The summed E-state index contributed by atoms with van der Waals surface area (Å²) in [6.07, 6.45) is 4.44. The Kier molecular flexibility index (Phi) is 6.34. The van der Waals surface area contributed by atoms with Crippen LogP contribution >= 0.6 is 11.6 Å². The Morgan fingerprint density at radius 1 is 1.16 bits per heavy atom. The molecule has 12 heteroatoms. The van der Waals surface area contributed by atoms with E-state index in [9.17, 15) is 27.9 Å². The first-order chi connectivity index (χ1) is 18.0. The van der Waals surface area contributed by atoms with Gasteiger partial charge in [-0.15, -0.1) is 0 Å². The van der Waals surface area contributed by atoms with Crippen LogP contribution in [0.4, 0.5) is 17.6 Å². The lowest BCUT2D eigenvalue weighted by Crippen LogP contribution is -2.24. The molecule has 196 valence electrons. The van der Waals surface area contributed by atoms with Gasteiger partial charge in [0.15, 0.2) is 5.82 Å². The standard InChI is InChI=1S/C26H19ClF4N4O3/c1-11-8-32-22(14-4-3-5-15(20(14)28)25(37)38)21(29)23(11)35-12(2)6-18(19(27)24(35)36)17-7-16(17)13-9-33-34(10-13)26(30)31/h3-6,8-10,16-17,26H,7H2,1-2H3,(H,37,38)/t16-,17+/m1/s1. The predicted molar refractivity (Wildman–Crippen MR) is 130 cm³/mol. The van der Waals surface area contributed by atoms with Crippen LogP contribution in [0.3, 0.4) is 0 Å². The number of carboxylic acids is 1. The maximum atomic E-state index is 15.9. The quantitative estimate of drug-likeness (QED) is 0.299. The Bertz CT molecular complexity index is 1670. The summed E-state index contributed by atoms with van der Waals surface area (Å²) in [5.74, 6) is -4.06. The fourth-order valence-electron chi connectivity index (χ4n) is 4.75. The van der Waals surface area contributed by atoms with Gasteiger partial charge in [-0.1, -0.05) is 17.7 Å². The summed E-state index contributed by atoms with van der Waals surface area (Å²) in [5.41, 5.74) is -0.692. The van der Waals surface area contributed by atoms with Gasteiger partial charge in [0.25, 0.3) is 5.56 Å². The maximum Gasteiger partial charge on any atom is 0.338 e. The van der Waals surface area contributed by atoms with Gasteiger partial charge in [-0.25, -0.2) is 18.3 Å². The molecule has 0 aliphatic heterocycles. The van der Waals surface area contributed by atoms with Gasteiger partial charge < -0.3 is 5.11 Å². The van der Waals surface area contributed by atoms with E-state index in [2.05, 4.69) is 10.1 Å². The minimum Gasteiger partial charge on any atom is -0.478 e. The highest BCUT2D eigenvalue weighted by atomic mass is 35.5. The Balaban J connectivity index is 1.58. The highest BCUT2D eigenvalue weighted by molar-refractivity contribution is 6.31. The first-order valence-corrected chi connectivity index (χ1v) is 11.8. The van der Waals surface area contributed by atoms with E-state index in [-0.39, 0.29) is 33.7 Å². The number of aromatic carboxylic acids is 1. The van der Waals surface area contributed by atoms with Gasteiger partial charge in [-0.3, -0.25) is 14.3 Å². The van der Waals surface area contributed by atoms with Crippen molar-refractivity contribution < 1.29 is 27.5 Å². The van der Waals surface area contributed by atoms with Crippen molar-refractivity contribution in [1.82, 2.24) is 19.3 Å². The van der Waals surface area contributed by atoms with E-state index in [0.29, 0.717) is 27.9 Å². The van der Waals surface area contributed by atoms with Crippen LogP contribution in [0.15, 0.2) is 47.7 Å². The average Bonchev–Trinajstić information content (AvgIpc) is 3.49. The Labute approximate surface area is 217 Å². The third kappa shape index (κ3) is 4.16. The van der Waals surface area contributed by atoms with Crippen molar-refractivity contribution in [2.24, 2.45) is 0 Å². The first kappa shape index (κ1) is 25.7. The van der Waals surface area contributed by atoms with Gasteiger partial charge in [0, 0.05) is 23.7 Å². The zero-order valence-corrected chi connectivity index (χ0v) is 20.7. The van der Waals surface area contributed by atoms with E-state index in [0.717, 1.165) is 10.6 Å². The second-order valence-electron chi connectivity index (χ2n) is 9.10. The predicted octanol–water partition coefficient (Wildman–Crippen LogP) is 6.01. The third-order valence-corrected chi connectivity index (χ3v) is 7.07. The molecule has 0 amide bonds. The van der Waals surface area contributed by atoms with E-state index in [1.807, 2.05) is 0 Å². The zero-order chi connectivity index (χ0) is 27.5. The molecule has 4 aromatic rings. The molecule has 7 nitrogen and oxygen atoms in total. The molecule has 3 heterocycles. The molecule has 0 saturated heterocycles. The Hall–Kier alpha value is -3.99. The van der Waals surface area contributed by atoms with Crippen LogP contribution in [0, 0.1) is 25.5 Å². The van der Waals surface area contributed by atoms with E-state index >= 15 is 4.39 Å². The molecule has 3 aromatic heterocycles. The van der Waals surface area contributed by atoms with E-state index in [1.54, 1.807) is 13.0 Å². The van der Waals surface area contributed by atoms with Crippen LogP contribution in [0.2, 0.25) is 5.02 Å².